The first kappa shape index (κ1) is 22.6. The molecule has 172 valence electrons. The summed E-state index contributed by atoms with van der Waals surface area (Å²) >= 11 is 0. The van der Waals surface area contributed by atoms with E-state index in [4.69, 9.17) is 14.7 Å². The molecular weight excluding hydrogens is 402 g/mol. The van der Waals surface area contributed by atoms with Gasteiger partial charge in [0.05, 0.1) is 11.8 Å². The third-order valence-electron chi connectivity index (χ3n) is 6.80. The molecule has 2 aliphatic rings. The summed E-state index contributed by atoms with van der Waals surface area (Å²) in [5.74, 6) is 1.37. The zero-order valence-corrected chi connectivity index (χ0v) is 19.5. The summed E-state index contributed by atoms with van der Waals surface area (Å²) in [5.41, 5.74) is 3.21. The third-order valence-corrected chi connectivity index (χ3v) is 6.80. The number of hydrogen-bond acceptors (Lipinski definition) is 6. The summed E-state index contributed by atoms with van der Waals surface area (Å²) in [5, 5.41) is 3.30. The number of piperidine rings is 1. The number of nitrogens with zero attached hydrogens (tertiary/aromatic N) is 4. The number of carbonyl (C=O) groups excluding carboxylic acids is 1. The van der Waals surface area contributed by atoms with E-state index in [9.17, 15) is 4.79 Å². The van der Waals surface area contributed by atoms with Crippen molar-refractivity contribution in [2.24, 2.45) is 5.92 Å². The highest BCUT2D eigenvalue weighted by Crippen LogP contribution is 2.30. The van der Waals surface area contributed by atoms with Crippen LogP contribution in [0.5, 0.6) is 0 Å². The van der Waals surface area contributed by atoms with Gasteiger partial charge in [-0.3, -0.25) is 9.78 Å². The Hall–Kier alpha value is -2.54. The first-order valence-electron chi connectivity index (χ1n) is 11.9. The highest BCUT2D eigenvalue weighted by atomic mass is 16.5. The molecular formula is C25H35N5O2. The topological polar surface area (TPSA) is 80.2 Å². The first-order chi connectivity index (χ1) is 15.5. The Bertz CT molecular complexity index is 896. The van der Waals surface area contributed by atoms with Gasteiger partial charge in [-0.15, -0.1) is 0 Å². The average Bonchev–Trinajstić information content (AvgIpc) is 2.84. The maximum atomic E-state index is 12.8. The van der Waals surface area contributed by atoms with E-state index in [1.807, 2.05) is 18.3 Å². The first-order valence-corrected chi connectivity index (χ1v) is 11.9. The summed E-state index contributed by atoms with van der Waals surface area (Å²) < 4.78 is 5.48. The second-order valence-electron chi connectivity index (χ2n) is 9.35. The maximum absolute atomic E-state index is 12.8. The van der Waals surface area contributed by atoms with Crippen LogP contribution in [0.2, 0.25) is 0 Å². The lowest BCUT2D eigenvalue weighted by molar-refractivity contribution is -0.128. The largest absolute Gasteiger partial charge is 0.381 e. The molecule has 1 saturated carbocycles. The molecule has 3 heterocycles. The molecule has 1 saturated heterocycles. The normalized spacial score (nSPS) is 22.2. The van der Waals surface area contributed by atoms with Crippen molar-refractivity contribution in [3.05, 3.63) is 36.4 Å². The highest BCUT2D eigenvalue weighted by molar-refractivity contribution is 5.79. The summed E-state index contributed by atoms with van der Waals surface area (Å²) in [6, 6.07) is 4.22. The smallest absolute Gasteiger partial charge is 0.225 e. The second-order valence-corrected chi connectivity index (χ2v) is 9.35. The highest BCUT2D eigenvalue weighted by Gasteiger charge is 2.30. The van der Waals surface area contributed by atoms with Gasteiger partial charge in [-0.2, -0.15) is 0 Å². The van der Waals surface area contributed by atoms with E-state index >= 15 is 0 Å². The molecule has 1 aliphatic carbocycles. The zero-order valence-electron chi connectivity index (χ0n) is 19.5. The monoisotopic (exact) mass is 437 g/mol. The Balaban J connectivity index is 1.37. The third kappa shape index (κ3) is 5.26. The molecule has 0 aromatic carbocycles. The fourth-order valence-electron chi connectivity index (χ4n) is 4.87. The number of nitrogens with one attached hydrogen (secondary N) is 1. The van der Waals surface area contributed by atoms with E-state index < -0.39 is 0 Å². The van der Waals surface area contributed by atoms with Crippen LogP contribution in [-0.4, -0.2) is 53.2 Å². The van der Waals surface area contributed by atoms with Crippen LogP contribution in [-0.2, 0) is 9.53 Å². The van der Waals surface area contributed by atoms with Gasteiger partial charge in [0.1, 0.15) is 0 Å². The Morgan fingerprint density at radius 2 is 1.91 bits per heavy atom. The number of methoxy groups -OCH3 is 1. The van der Waals surface area contributed by atoms with Gasteiger partial charge in [0.2, 0.25) is 11.9 Å². The van der Waals surface area contributed by atoms with E-state index in [0.717, 1.165) is 74.4 Å². The number of amides is 1. The molecule has 2 aromatic heterocycles. The Morgan fingerprint density at radius 3 is 2.59 bits per heavy atom. The molecule has 1 aliphatic heterocycles. The van der Waals surface area contributed by atoms with Crippen molar-refractivity contribution >= 4 is 11.9 Å². The molecule has 32 heavy (non-hydrogen) atoms. The molecule has 0 unspecified atom stereocenters. The number of aromatic nitrogens is 3. The van der Waals surface area contributed by atoms with Crippen molar-refractivity contribution in [3.8, 4) is 11.1 Å². The number of hydrogen-bond donors (Lipinski definition) is 1. The van der Waals surface area contributed by atoms with E-state index in [1.54, 1.807) is 19.5 Å². The number of pyridine rings is 1. The van der Waals surface area contributed by atoms with E-state index in [1.165, 1.54) is 0 Å². The lowest BCUT2D eigenvalue weighted by atomic mass is 9.86. The molecule has 0 bridgehead atoms. The predicted octanol–water partition coefficient (Wildman–Crippen LogP) is 3.95. The summed E-state index contributed by atoms with van der Waals surface area (Å²) in [6.45, 7) is 6.03. The van der Waals surface area contributed by atoms with Crippen LogP contribution in [0.1, 0.15) is 64.0 Å². The van der Waals surface area contributed by atoms with Gasteiger partial charge in [0, 0.05) is 56.3 Å². The van der Waals surface area contributed by atoms with Gasteiger partial charge in [0.25, 0.3) is 0 Å². The number of carbonyl (C=O) groups is 1. The minimum atomic E-state index is 0.0874. The van der Waals surface area contributed by atoms with E-state index in [0.29, 0.717) is 5.92 Å². The second kappa shape index (κ2) is 10.4. The molecule has 2 aromatic rings. The van der Waals surface area contributed by atoms with Crippen molar-refractivity contribution in [2.75, 3.05) is 25.1 Å². The maximum Gasteiger partial charge on any atom is 0.225 e. The minimum absolute atomic E-state index is 0.0874. The summed E-state index contributed by atoms with van der Waals surface area (Å²) in [4.78, 5) is 28.8. The summed E-state index contributed by atoms with van der Waals surface area (Å²) in [6.07, 6.45) is 11.6. The van der Waals surface area contributed by atoms with E-state index in [-0.39, 0.29) is 24.0 Å². The van der Waals surface area contributed by atoms with Crippen LogP contribution in [0, 0.1) is 5.92 Å². The lowest BCUT2D eigenvalue weighted by Crippen LogP contribution is -2.47. The summed E-state index contributed by atoms with van der Waals surface area (Å²) in [7, 11) is 1.75. The fraction of sp³-hybridized carbons (Fsp3) is 0.600. The van der Waals surface area contributed by atoms with Crippen molar-refractivity contribution in [1.82, 2.24) is 20.3 Å². The van der Waals surface area contributed by atoms with Crippen molar-refractivity contribution in [1.29, 1.82) is 0 Å². The standard InChI is InChI=1S/C25H35N5O2/c1-17(2)23-22(18-7-11-26-12-8-18)16-27-25(29-23)30-13-9-20(10-14-30)28-24(31)19-5-4-6-21(15-19)32-3/h7-8,11-12,16-17,19-21H,4-6,9-10,13-15H2,1-3H3,(H,28,31)/t19-,21-/m1/s1. The molecule has 4 rings (SSSR count). The molecule has 0 spiro atoms. The fourth-order valence-corrected chi connectivity index (χ4v) is 4.87. The zero-order chi connectivity index (χ0) is 22.5. The van der Waals surface area contributed by atoms with Crippen LogP contribution in [0.15, 0.2) is 30.7 Å². The minimum Gasteiger partial charge on any atom is -0.381 e. The Labute approximate surface area is 191 Å². The van der Waals surface area contributed by atoms with Gasteiger partial charge in [-0.05, 0) is 55.7 Å². The Morgan fingerprint density at radius 1 is 1.16 bits per heavy atom. The molecule has 0 radical (unpaired) electrons. The molecule has 2 atom stereocenters. The molecule has 2 fully saturated rings. The van der Waals surface area contributed by atoms with Crippen molar-refractivity contribution in [3.63, 3.8) is 0 Å². The van der Waals surface area contributed by atoms with Gasteiger partial charge in [-0.1, -0.05) is 20.3 Å². The molecule has 7 heteroatoms. The van der Waals surface area contributed by atoms with Gasteiger partial charge in [-0.25, -0.2) is 9.97 Å². The van der Waals surface area contributed by atoms with Crippen LogP contribution in [0.3, 0.4) is 0 Å². The van der Waals surface area contributed by atoms with E-state index in [2.05, 4.69) is 29.0 Å². The van der Waals surface area contributed by atoms with Gasteiger partial charge < -0.3 is 15.0 Å². The average molecular weight is 438 g/mol. The SMILES string of the molecule is CO[C@@H]1CCC[C@@H](C(=O)NC2CCN(c3ncc(-c4ccncc4)c(C(C)C)n3)CC2)C1. The number of ether oxygens (including phenoxy) is 1. The molecule has 1 N–H and O–H groups in total. The van der Waals surface area contributed by atoms with Crippen LogP contribution >= 0.6 is 0 Å². The quantitative estimate of drug-likeness (QED) is 0.737. The van der Waals surface area contributed by atoms with Crippen molar-refractivity contribution in [2.45, 2.75) is 70.4 Å². The number of rotatable bonds is 6. The van der Waals surface area contributed by atoms with Gasteiger partial charge in [0.15, 0.2) is 0 Å². The van der Waals surface area contributed by atoms with Crippen LogP contribution in [0.25, 0.3) is 11.1 Å². The predicted molar refractivity (Wildman–Crippen MR) is 125 cm³/mol. The van der Waals surface area contributed by atoms with Crippen molar-refractivity contribution < 1.29 is 9.53 Å². The van der Waals surface area contributed by atoms with Crippen LogP contribution < -0.4 is 10.2 Å². The van der Waals surface area contributed by atoms with Crippen LogP contribution in [0.4, 0.5) is 5.95 Å². The molecule has 7 nitrogen and oxygen atoms in total. The number of anilines is 1. The Kier molecular flexibility index (Phi) is 7.35. The molecule has 1 amide bonds. The van der Waals surface area contributed by atoms with Gasteiger partial charge >= 0.3 is 0 Å². The lowest BCUT2D eigenvalue weighted by Gasteiger charge is -2.34.